The molecule has 0 aromatic heterocycles. The Balaban J connectivity index is 1.37. The third kappa shape index (κ3) is 3.83. The van der Waals surface area contributed by atoms with Gasteiger partial charge in [0.15, 0.2) is 11.5 Å². The fraction of sp³-hybridized carbons (Fsp3) is 0.381. The highest BCUT2D eigenvalue weighted by Gasteiger charge is 2.17. The molecule has 1 amide bonds. The fourth-order valence-electron chi connectivity index (χ4n) is 3.63. The molecule has 0 unspecified atom stereocenters. The summed E-state index contributed by atoms with van der Waals surface area (Å²) in [7, 11) is 0. The van der Waals surface area contributed by atoms with Crippen molar-refractivity contribution in [1.29, 1.82) is 0 Å². The Morgan fingerprint density at radius 3 is 2.77 bits per heavy atom. The number of likely N-dealkylation sites (tertiary alicyclic amines) is 1. The molecule has 2 aliphatic rings. The molecule has 4 rings (SSSR count). The molecule has 0 aliphatic carbocycles. The molecule has 1 fully saturated rings. The van der Waals surface area contributed by atoms with E-state index in [1.54, 1.807) is 12.1 Å². The number of benzene rings is 2. The van der Waals surface area contributed by atoms with Crippen LogP contribution in [0.15, 0.2) is 42.5 Å². The lowest BCUT2D eigenvalue weighted by Gasteiger charge is -2.30. The summed E-state index contributed by atoms with van der Waals surface area (Å²) in [5.41, 5.74) is 2.60. The molecule has 5 heteroatoms. The average Bonchev–Trinajstić information content (AvgIpc) is 3.10. The van der Waals surface area contributed by atoms with Crippen LogP contribution in [0.1, 0.15) is 35.7 Å². The van der Waals surface area contributed by atoms with Crippen molar-refractivity contribution in [2.75, 3.05) is 25.2 Å². The largest absolute Gasteiger partial charge is 0.454 e. The molecule has 2 heterocycles. The number of nitrogens with one attached hydrogen (secondary N) is 1. The minimum atomic E-state index is -0.123. The van der Waals surface area contributed by atoms with Crippen molar-refractivity contribution in [3.63, 3.8) is 0 Å². The third-order valence-electron chi connectivity index (χ3n) is 4.99. The number of hydrogen-bond donors (Lipinski definition) is 1. The van der Waals surface area contributed by atoms with Gasteiger partial charge in [0.2, 0.25) is 6.79 Å². The Morgan fingerprint density at radius 1 is 1.15 bits per heavy atom. The Morgan fingerprint density at radius 2 is 1.96 bits per heavy atom. The Labute approximate surface area is 153 Å². The van der Waals surface area contributed by atoms with Crippen LogP contribution < -0.4 is 14.8 Å². The minimum Gasteiger partial charge on any atom is -0.454 e. The van der Waals surface area contributed by atoms with Gasteiger partial charge in [0.05, 0.1) is 0 Å². The van der Waals surface area contributed by atoms with Crippen LogP contribution >= 0.6 is 0 Å². The van der Waals surface area contributed by atoms with E-state index in [0.717, 1.165) is 25.6 Å². The van der Waals surface area contributed by atoms with Gasteiger partial charge in [0.25, 0.3) is 5.91 Å². The van der Waals surface area contributed by atoms with E-state index in [1.165, 1.54) is 18.4 Å². The van der Waals surface area contributed by atoms with Crippen LogP contribution in [0.4, 0.5) is 5.69 Å². The van der Waals surface area contributed by atoms with E-state index >= 15 is 0 Å². The maximum absolute atomic E-state index is 12.5. The lowest BCUT2D eigenvalue weighted by atomic mass is 9.99. The number of anilines is 1. The molecule has 2 aromatic rings. The van der Waals surface area contributed by atoms with Crippen LogP contribution in [0, 0.1) is 5.92 Å². The summed E-state index contributed by atoms with van der Waals surface area (Å²) in [5.74, 6) is 2.02. The van der Waals surface area contributed by atoms with Crippen molar-refractivity contribution in [2.45, 2.75) is 26.3 Å². The molecular weight excluding hydrogens is 328 g/mol. The molecule has 26 heavy (non-hydrogen) atoms. The molecule has 2 aliphatic heterocycles. The number of nitrogens with zero attached hydrogens (tertiary/aromatic N) is 1. The van der Waals surface area contributed by atoms with Gasteiger partial charge in [-0.2, -0.15) is 0 Å². The highest BCUT2D eigenvalue weighted by atomic mass is 16.7. The number of carbonyl (C=O) groups excluding carboxylic acids is 1. The predicted molar refractivity (Wildman–Crippen MR) is 101 cm³/mol. The lowest BCUT2D eigenvalue weighted by molar-refractivity contribution is 0.102. The van der Waals surface area contributed by atoms with E-state index in [0.29, 0.717) is 22.7 Å². The number of rotatable bonds is 4. The molecule has 0 bridgehead atoms. The Kier molecular flexibility index (Phi) is 4.80. The van der Waals surface area contributed by atoms with Gasteiger partial charge in [-0.1, -0.05) is 19.1 Å². The van der Waals surface area contributed by atoms with E-state index < -0.39 is 0 Å². The van der Waals surface area contributed by atoms with Crippen LogP contribution in [0.5, 0.6) is 11.5 Å². The van der Waals surface area contributed by atoms with Crippen molar-refractivity contribution >= 4 is 11.6 Å². The smallest absolute Gasteiger partial charge is 0.255 e. The summed E-state index contributed by atoms with van der Waals surface area (Å²) in [6.07, 6.45) is 2.60. The van der Waals surface area contributed by atoms with Crippen LogP contribution in [-0.4, -0.2) is 30.7 Å². The maximum Gasteiger partial charge on any atom is 0.255 e. The topological polar surface area (TPSA) is 50.8 Å². The standard InChI is InChI=1S/C21H24N2O3/c1-15-3-2-10-23(12-15)13-16-4-6-17(7-5-16)21(24)22-18-8-9-19-20(11-18)26-14-25-19/h4-9,11,15H,2-3,10,12-14H2,1H3,(H,22,24)/t15-/m0/s1. The summed E-state index contributed by atoms with van der Waals surface area (Å²) in [5, 5.41) is 2.91. The summed E-state index contributed by atoms with van der Waals surface area (Å²) in [6, 6.07) is 13.3. The predicted octanol–water partition coefficient (Wildman–Crippen LogP) is 3.90. The van der Waals surface area contributed by atoms with Crippen LogP contribution in [-0.2, 0) is 6.54 Å². The van der Waals surface area contributed by atoms with Gasteiger partial charge in [0, 0.05) is 30.4 Å². The quantitative estimate of drug-likeness (QED) is 0.907. The highest BCUT2D eigenvalue weighted by molar-refractivity contribution is 6.04. The second-order valence-electron chi connectivity index (χ2n) is 7.20. The number of carbonyl (C=O) groups is 1. The van der Waals surface area contributed by atoms with Crippen LogP contribution in [0.2, 0.25) is 0 Å². The van der Waals surface area contributed by atoms with Gasteiger partial charge >= 0.3 is 0 Å². The second-order valence-corrected chi connectivity index (χ2v) is 7.20. The first-order valence-electron chi connectivity index (χ1n) is 9.20. The van der Waals surface area contributed by atoms with E-state index in [4.69, 9.17) is 9.47 Å². The van der Waals surface area contributed by atoms with Crippen molar-refractivity contribution in [3.05, 3.63) is 53.6 Å². The Bertz CT molecular complexity index is 788. The van der Waals surface area contributed by atoms with E-state index in [2.05, 4.69) is 17.1 Å². The van der Waals surface area contributed by atoms with Crippen molar-refractivity contribution in [1.82, 2.24) is 4.90 Å². The van der Waals surface area contributed by atoms with Gasteiger partial charge in [-0.05, 0) is 55.1 Å². The van der Waals surface area contributed by atoms with Gasteiger partial charge in [0.1, 0.15) is 0 Å². The van der Waals surface area contributed by atoms with Crippen molar-refractivity contribution in [3.8, 4) is 11.5 Å². The number of amides is 1. The molecule has 0 spiro atoms. The molecular formula is C21H24N2O3. The van der Waals surface area contributed by atoms with Crippen molar-refractivity contribution in [2.24, 2.45) is 5.92 Å². The molecule has 1 atom stereocenters. The SMILES string of the molecule is C[C@H]1CCCN(Cc2ccc(C(=O)Nc3ccc4c(c3)OCO4)cc2)C1. The van der Waals surface area contributed by atoms with E-state index in [1.807, 2.05) is 30.3 Å². The summed E-state index contributed by atoms with van der Waals surface area (Å²) < 4.78 is 10.6. The van der Waals surface area contributed by atoms with Crippen molar-refractivity contribution < 1.29 is 14.3 Å². The molecule has 136 valence electrons. The molecule has 1 saturated heterocycles. The van der Waals surface area contributed by atoms with E-state index in [-0.39, 0.29) is 12.7 Å². The first kappa shape index (κ1) is 16.9. The lowest BCUT2D eigenvalue weighted by Crippen LogP contribution is -2.33. The molecule has 0 radical (unpaired) electrons. The zero-order chi connectivity index (χ0) is 17.9. The van der Waals surface area contributed by atoms with Crippen LogP contribution in [0.3, 0.4) is 0 Å². The molecule has 2 aromatic carbocycles. The molecule has 5 nitrogen and oxygen atoms in total. The van der Waals surface area contributed by atoms with Gasteiger partial charge in [-0.25, -0.2) is 0 Å². The number of piperidine rings is 1. The zero-order valence-electron chi connectivity index (χ0n) is 15.0. The first-order chi connectivity index (χ1) is 12.7. The third-order valence-corrected chi connectivity index (χ3v) is 4.99. The van der Waals surface area contributed by atoms with E-state index in [9.17, 15) is 4.79 Å². The Hall–Kier alpha value is -2.53. The van der Waals surface area contributed by atoms with Gasteiger partial charge < -0.3 is 14.8 Å². The summed E-state index contributed by atoms with van der Waals surface area (Å²) >= 11 is 0. The summed E-state index contributed by atoms with van der Waals surface area (Å²) in [4.78, 5) is 15.0. The first-order valence-corrected chi connectivity index (χ1v) is 9.20. The van der Waals surface area contributed by atoms with Crippen LogP contribution in [0.25, 0.3) is 0 Å². The number of fused-ring (bicyclic) bond motifs is 1. The maximum atomic E-state index is 12.5. The zero-order valence-corrected chi connectivity index (χ0v) is 15.0. The average molecular weight is 352 g/mol. The van der Waals surface area contributed by atoms with Gasteiger partial charge in [-0.3, -0.25) is 9.69 Å². The monoisotopic (exact) mass is 352 g/mol. The number of ether oxygens (including phenoxy) is 2. The number of hydrogen-bond acceptors (Lipinski definition) is 4. The second kappa shape index (κ2) is 7.38. The fourth-order valence-corrected chi connectivity index (χ4v) is 3.63. The molecule has 0 saturated carbocycles. The highest BCUT2D eigenvalue weighted by Crippen LogP contribution is 2.34. The summed E-state index contributed by atoms with van der Waals surface area (Å²) in [6.45, 7) is 5.82. The minimum absolute atomic E-state index is 0.123. The van der Waals surface area contributed by atoms with Gasteiger partial charge in [-0.15, -0.1) is 0 Å². The molecule has 1 N–H and O–H groups in total. The normalized spacial score (nSPS) is 19.3.